The van der Waals surface area contributed by atoms with Gasteiger partial charge in [-0.05, 0) is 25.5 Å². The van der Waals surface area contributed by atoms with E-state index in [1.807, 2.05) is 26.8 Å². The standard InChI is InChI=1S/C23H25ClN8O2/c1-5-17-28-21(25)19-12(3)30-32(22(19)29-17)16-6-15(24)11(2)18(20(16)34-4)14-9-31(10-14)23(33)13-7-26-27-8-13/h6-8,14H,5,9-10H2,1-4H3,(H,26,27)(H2,25,28,29). The molecular weight excluding hydrogens is 456 g/mol. The molecular formula is C23H25ClN8O2. The number of hydrogen-bond acceptors (Lipinski definition) is 7. The fraction of sp³-hybridized carbons (Fsp3) is 0.348. The molecule has 0 spiro atoms. The normalized spacial score (nSPS) is 14.0. The number of benzene rings is 1. The van der Waals surface area contributed by atoms with Crippen LogP contribution >= 0.6 is 11.6 Å². The number of nitrogens with two attached hydrogens (primary N) is 1. The monoisotopic (exact) mass is 480 g/mol. The highest BCUT2D eigenvalue weighted by atomic mass is 35.5. The van der Waals surface area contributed by atoms with E-state index in [0.29, 0.717) is 64.2 Å². The third kappa shape index (κ3) is 3.37. The van der Waals surface area contributed by atoms with Gasteiger partial charge < -0.3 is 15.4 Å². The van der Waals surface area contributed by atoms with Crippen LogP contribution in [0.1, 0.15) is 45.8 Å². The number of aromatic amines is 1. The van der Waals surface area contributed by atoms with Crippen LogP contribution in [0.25, 0.3) is 16.7 Å². The van der Waals surface area contributed by atoms with Crippen molar-refractivity contribution in [3.05, 3.63) is 51.7 Å². The molecule has 0 aliphatic carbocycles. The highest BCUT2D eigenvalue weighted by molar-refractivity contribution is 6.31. The zero-order valence-corrected chi connectivity index (χ0v) is 20.1. The Hall–Kier alpha value is -3.66. The predicted molar refractivity (Wildman–Crippen MR) is 129 cm³/mol. The maximum absolute atomic E-state index is 12.7. The summed E-state index contributed by atoms with van der Waals surface area (Å²) < 4.78 is 7.65. The summed E-state index contributed by atoms with van der Waals surface area (Å²) in [4.78, 5) is 23.5. The van der Waals surface area contributed by atoms with E-state index in [0.717, 1.165) is 16.8 Å². The number of hydrogen-bond donors (Lipinski definition) is 2. The number of carbonyl (C=O) groups excluding carboxylic acids is 1. The summed E-state index contributed by atoms with van der Waals surface area (Å²) in [7, 11) is 1.63. The number of rotatable bonds is 5. The van der Waals surface area contributed by atoms with E-state index in [1.54, 1.807) is 22.9 Å². The molecule has 1 aliphatic rings. The predicted octanol–water partition coefficient (Wildman–Crippen LogP) is 3.20. The number of methoxy groups -OCH3 is 1. The molecule has 1 fully saturated rings. The Kier molecular flexibility index (Phi) is 5.40. The van der Waals surface area contributed by atoms with Crippen molar-refractivity contribution in [3.63, 3.8) is 0 Å². The molecule has 10 nitrogen and oxygen atoms in total. The highest BCUT2D eigenvalue weighted by Gasteiger charge is 2.37. The van der Waals surface area contributed by atoms with Gasteiger partial charge in [-0.3, -0.25) is 9.89 Å². The van der Waals surface area contributed by atoms with Crippen LogP contribution in [-0.2, 0) is 6.42 Å². The SMILES string of the molecule is CCc1nc(N)c2c(C)nn(-c3cc(Cl)c(C)c(C4CN(C(=O)c5cn[nH]c5)C4)c3OC)c2n1. The Morgan fingerprint density at radius 2 is 2.09 bits per heavy atom. The smallest absolute Gasteiger partial charge is 0.257 e. The van der Waals surface area contributed by atoms with Crippen LogP contribution in [0.3, 0.4) is 0 Å². The Morgan fingerprint density at radius 3 is 2.74 bits per heavy atom. The van der Waals surface area contributed by atoms with Crippen molar-refractivity contribution in [3.8, 4) is 11.4 Å². The number of nitrogen functional groups attached to an aromatic ring is 1. The van der Waals surface area contributed by atoms with Gasteiger partial charge in [-0.1, -0.05) is 18.5 Å². The molecule has 11 heteroatoms. The number of carbonyl (C=O) groups is 1. The van der Waals surface area contributed by atoms with Gasteiger partial charge in [0.25, 0.3) is 5.91 Å². The van der Waals surface area contributed by atoms with Crippen molar-refractivity contribution < 1.29 is 9.53 Å². The lowest BCUT2D eigenvalue weighted by atomic mass is 9.86. The van der Waals surface area contributed by atoms with Crippen molar-refractivity contribution in [2.24, 2.45) is 0 Å². The summed E-state index contributed by atoms with van der Waals surface area (Å²) in [6, 6.07) is 1.84. The zero-order chi connectivity index (χ0) is 24.1. The van der Waals surface area contributed by atoms with Crippen molar-refractivity contribution in [2.75, 3.05) is 25.9 Å². The average molecular weight is 481 g/mol. The van der Waals surface area contributed by atoms with E-state index in [4.69, 9.17) is 32.2 Å². The second-order valence-corrected chi connectivity index (χ2v) is 8.83. The minimum Gasteiger partial charge on any atom is -0.494 e. The minimum absolute atomic E-state index is 0.0585. The molecule has 0 atom stereocenters. The molecule has 4 heterocycles. The first-order valence-electron chi connectivity index (χ1n) is 11.0. The number of ether oxygens (including phenoxy) is 1. The van der Waals surface area contributed by atoms with E-state index in [9.17, 15) is 4.79 Å². The third-order valence-corrected chi connectivity index (χ3v) is 6.74. The number of aryl methyl sites for hydroxylation is 2. The number of likely N-dealkylation sites (tertiary alicyclic amines) is 1. The quantitative estimate of drug-likeness (QED) is 0.448. The maximum Gasteiger partial charge on any atom is 0.257 e. The van der Waals surface area contributed by atoms with Crippen LogP contribution in [0.15, 0.2) is 18.5 Å². The molecule has 3 aromatic heterocycles. The lowest BCUT2D eigenvalue weighted by molar-refractivity contribution is 0.0599. The summed E-state index contributed by atoms with van der Waals surface area (Å²) in [5.41, 5.74) is 10.6. The summed E-state index contributed by atoms with van der Waals surface area (Å²) in [5.74, 6) is 1.70. The molecule has 0 radical (unpaired) electrons. The molecule has 176 valence electrons. The van der Waals surface area contributed by atoms with E-state index in [-0.39, 0.29) is 11.8 Å². The van der Waals surface area contributed by atoms with Crippen molar-refractivity contribution >= 4 is 34.4 Å². The average Bonchev–Trinajstić information content (AvgIpc) is 3.43. The third-order valence-electron chi connectivity index (χ3n) is 6.35. The van der Waals surface area contributed by atoms with Crippen LogP contribution in [0.5, 0.6) is 5.75 Å². The number of amides is 1. The summed E-state index contributed by atoms with van der Waals surface area (Å²) in [6.07, 6.45) is 3.77. The Balaban J connectivity index is 1.60. The molecule has 0 unspecified atom stereocenters. The molecule has 4 aromatic rings. The molecule has 34 heavy (non-hydrogen) atoms. The van der Waals surface area contributed by atoms with Crippen molar-refractivity contribution in [1.82, 2.24) is 34.8 Å². The number of nitrogens with zero attached hydrogens (tertiary/aromatic N) is 6. The van der Waals surface area contributed by atoms with E-state index >= 15 is 0 Å². The molecule has 1 amide bonds. The van der Waals surface area contributed by atoms with Gasteiger partial charge in [0.1, 0.15) is 23.1 Å². The Labute approximate surface area is 201 Å². The molecule has 1 aliphatic heterocycles. The maximum atomic E-state index is 12.7. The van der Waals surface area contributed by atoms with Gasteiger partial charge in [-0.2, -0.15) is 10.2 Å². The summed E-state index contributed by atoms with van der Waals surface area (Å²) in [6.45, 7) is 6.91. The molecule has 0 bridgehead atoms. The highest BCUT2D eigenvalue weighted by Crippen LogP contribution is 2.43. The van der Waals surface area contributed by atoms with Gasteiger partial charge in [-0.15, -0.1) is 0 Å². The van der Waals surface area contributed by atoms with Crippen LogP contribution in [0.2, 0.25) is 5.02 Å². The summed E-state index contributed by atoms with van der Waals surface area (Å²) in [5, 5.41) is 12.6. The summed E-state index contributed by atoms with van der Waals surface area (Å²) >= 11 is 6.70. The van der Waals surface area contributed by atoms with Crippen LogP contribution < -0.4 is 10.5 Å². The molecule has 5 rings (SSSR count). The van der Waals surface area contributed by atoms with Crippen LogP contribution in [0, 0.1) is 13.8 Å². The largest absolute Gasteiger partial charge is 0.494 e. The second kappa shape index (κ2) is 8.28. The molecule has 1 saturated heterocycles. The van der Waals surface area contributed by atoms with E-state index in [2.05, 4.69) is 15.2 Å². The lowest BCUT2D eigenvalue weighted by Crippen LogP contribution is -2.48. The number of halogens is 1. The van der Waals surface area contributed by atoms with E-state index in [1.165, 1.54) is 6.20 Å². The first-order chi connectivity index (χ1) is 16.3. The van der Waals surface area contributed by atoms with Gasteiger partial charge in [0.2, 0.25) is 0 Å². The second-order valence-electron chi connectivity index (χ2n) is 8.42. The fourth-order valence-electron chi connectivity index (χ4n) is 4.56. The first kappa shape index (κ1) is 22.1. The van der Waals surface area contributed by atoms with Crippen LogP contribution in [0.4, 0.5) is 5.82 Å². The molecule has 3 N–H and O–H groups in total. The van der Waals surface area contributed by atoms with Crippen molar-refractivity contribution in [1.29, 1.82) is 0 Å². The van der Waals surface area contributed by atoms with E-state index < -0.39 is 0 Å². The van der Waals surface area contributed by atoms with Gasteiger partial charge in [0.05, 0.1) is 30.0 Å². The molecule has 0 saturated carbocycles. The number of aromatic nitrogens is 6. The lowest BCUT2D eigenvalue weighted by Gasteiger charge is -2.40. The number of H-pyrrole nitrogens is 1. The van der Waals surface area contributed by atoms with Gasteiger partial charge in [0.15, 0.2) is 5.65 Å². The first-order valence-corrected chi connectivity index (χ1v) is 11.4. The van der Waals surface area contributed by atoms with Gasteiger partial charge in [-0.25, -0.2) is 14.6 Å². The Bertz CT molecular complexity index is 1410. The zero-order valence-electron chi connectivity index (χ0n) is 19.4. The van der Waals surface area contributed by atoms with Gasteiger partial charge >= 0.3 is 0 Å². The van der Waals surface area contributed by atoms with Gasteiger partial charge in [0, 0.05) is 42.2 Å². The Morgan fingerprint density at radius 1 is 1.32 bits per heavy atom. The fourth-order valence-corrected chi connectivity index (χ4v) is 4.76. The number of fused-ring (bicyclic) bond motifs is 1. The van der Waals surface area contributed by atoms with Crippen LogP contribution in [-0.4, -0.2) is 61.0 Å². The minimum atomic E-state index is -0.0585. The number of nitrogens with one attached hydrogen (secondary N) is 1. The topological polar surface area (TPSA) is 128 Å². The molecule has 1 aromatic carbocycles. The number of anilines is 1. The van der Waals surface area contributed by atoms with Crippen molar-refractivity contribution in [2.45, 2.75) is 33.1 Å².